The van der Waals surface area contributed by atoms with Crippen LogP contribution in [0.3, 0.4) is 0 Å². The molecule has 0 spiro atoms. The molecule has 7 rings (SSSR count). The minimum absolute atomic E-state index is 1.06. The number of hydrogen-bond acceptors (Lipinski definition) is 1. The molecular formula is C29H18N2. The summed E-state index contributed by atoms with van der Waals surface area (Å²) in [5.74, 6) is 0. The van der Waals surface area contributed by atoms with Crippen molar-refractivity contribution < 1.29 is 0 Å². The van der Waals surface area contributed by atoms with E-state index in [0.717, 1.165) is 5.52 Å². The summed E-state index contributed by atoms with van der Waals surface area (Å²) in [6, 6.07) is 36.9. The Morgan fingerprint density at radius 1 is 0.452 bits per heavy atom. The fourth-order valence-corrected chi connectivity index (χ4v) is 5.08. The SMILES string of the molecule is c1ccc(-n2c3ccccc3c3cc4c(cc32)c2ccccc2c2cccnc24)cc1. The van der Waals surface area contributed by atoms with E-state index in [1.54, 1.807) is 0 Å². The van der Waals surface area contributed by atoms with Gasteiger partial charge in [-0.3, -0.25) is 4.98 Å². The average molecular weight is 394 g/mol. The summed E-state index contributed by atoms with van der Waals surface area (Å²) in [5, 5.41) is 8.70. The highest BCUT2D eigenvalue weighted by atomic mass is 15.0. The van der Waals surface area contributed by atoms with E-state index in [4.69, 9.17) is 4.98 Å². The summed E-state index contributed by atoms with van der Waals surface area (Å²) in [4.78, 5) is 4.80. The van der Waals surface area contributed by atoms with Gasteiger partial charge in [0.1, 0.15) is 0 Å². The second-order valence-electron chi connectivity index (χ2n) is 8.05. The zero-order valence-corrected chi connectivity index (χ0v) is 16.8. The molecule has 5 aromatic carbocycles. The summed E-state index contributed by atoms with van der Waals surface area (Å²) in [7, 11) is 0. The van der Waals surface area contributed by atoms with E-state index in [9.17, 15) is 0 Å². The van der Waals surface area contributed by atoms with Gasteiger partial charge < -0.3 is 4.57 Å². The van der Waals surface area contributed by atoms with Crippen molar-refractivity contribution >= 4 is 54.3 Å². The van der Waals surface area contributed by atoms with Crippen molar-refractivity contribution in [2.45, 2.75) is 0 Å². The quantitative estimate of drug-likeness (QED) is 0.262. The van der Waals surface area contributed by atoms with E-state index in [2.05, 4.69) is 102 Å². The second kappa shape index (κ2) is 6.16. The zero-order chi connectivity index (χ0) is 20.4. The highest BCUT2D eigenvalue weighted by Crippen LogP contribution is 2.39. The summed E-state index contributed by atoms with van der Waals surface area (Å²) in [5.41, 5.74) is 4.69. The van der Waals surface area contributed by atoms with Crippen LogP contribution in [-0.4, -0.2) is 9.55 Å². The van der Waals surface area contributed by atoms with Gasteiger partial charge in [0.2, 0.25) is 0 Å². The van der Waals surface area contributed by atoms with E-state index in [1.807, 2.05) is 12.3 Å². The number of pyridine rings is 1. The Bertz CT molecular complexity index is 1780. The maximum Gasteiger partial charge on any atom is 0.0786 e. The van der Waals surface area contributed by atoms with Crippen LogP contribution >= 0.6 is 0 Å². The third-order valence-corrected chi connectivity index (χ3v) is 6.40. The summed E-state index contributed by atoms with van der Waals surface area (Å²) < 4.78 is 2.38. The Morgan fingerprint density at radius 3 is 1.97 bits per heavy atom. The Labute approximate surface area is 179 Å². The van der Waals surface area contributed by atoms with E-state index >= 15 is 0 Å². The zero-order valence-electron chi connectivity index (χ0n) is 16.8. The molecule has 0 aliphatic carbocycles. The van der Waals surface area contributed by atoms with Crippen molar-refractivity contribution in [1.82, 2.24) is 9.55 Å². The number of para-hydroxylation sites is 2. The molecule has 0 N–H and O–H groups in total. The molecule has 0 saturated heterocycles. The van der Waals surface area contributed by atoms with Crippen LogP contribution in [-0.2, 0) is 0 Å². The van der Waals surface area contributed by atoms with Crippen molar-refractivity contribution in [3.8, 4) is 5.69 Å². The monoisotopic (exact) mass is 394 g/mol. The topological polar surface area (TPSA) is 17.8 Å². The van der Waals surface area contributed by atoms with E-state index in [1.165, 1.54) is 54.4 Å². The van der Waals surface area contributed by atoms with Gasteiger partial charge in [0.25, 0.3) is 0 Å². The molecule has 0 amide bonds. The highest BCUT2D eigenvalue weighted by molar-refractivity contribution is 6.27. The van der Waals surface area contributed by atoms with Gasteiger partial charge in [0.15, 0.2) is 0 Å². The first-order valence-corrected chi connectivity index (χ1v) is 10.6. The molecule has 0 atom stereocenters. The predicted molar refractivity (Wildman–Crippen MR) is 131 cm³/mol. The molecule has 2 nitrogen and oxygen atoms in total. The minimum atomic E-state index is 1.06. The lowest BCUT2D eigenvalue weighted by molar-refractivity contribution is 1.18. The molecule has 2 aromatic heterocycles. The van der Waals surface area contributed by atoms with Gasteiger partial charge in [-0.05, 0) is 52.6 Å². The first kappa shape index (κ1) is 16.6. The molecule has 2 heteroatoms. The van der Waals surface area contributed by atoms with Crippen molar-refractivity contribution in [3.05, 3.63) is 109 Å². The standard InChI is InChI=1S/C29H18N2/c1-2-9-19(10-3-1)31-27-15-7-6-13-22(27)25-17-26-24(18-28(25)31)21-12-5-4-11-20(21)23-14-8-16-30-29(23)26/h1-18H. The number of rotatable bonds is 1. The molecule has 0 unspecified atom stereocenters. The first-order valence-electron chi connectivity index (χ1n) is 10.6. The molecule has 144 valence electrons. The Balaban J connectivity index is 1.78. The second-order valence-corrected chi connectivity index (χ2v) is 8.05. The summed E-state index contributed by atoms with van der Waals surface area (Å²) in [6.07, 6.45) is 1.90. The first-order chi connectivity index (χ1) is 15.4. The van der Waals surface area contributed by atoms with E-state index in [-0.39, 0.29) is 0 Å². The van der Waals surface area contributed by atoms with Gasteiger partial charge in [-0.15, -0.1) is 0 Å². The lowest BCUT2D eigenvalue weighted by Crippen LogP contribution is -1.93. The van der Waals surface area contributed by atoms with Crippen molar-refractivity contribution in [2.24, 2.45) is 0 Å². The summed E-state index contributed by atoms with van der Waals surface area (Å²) >= 11 is 0. The van der Waals surface area contributed by atoms with E-state index in [0.29, 0.717) is 0 Å². The normalized spacial score (nSPS) is 11.9. The Kier molecular flexibility index (Phi) is 3.30. The van der Waals surface area contributed by atoms with Crippen LogP contribution in [0.15, 0.2) is 109 Å². The number of aromatic nitrogens is 2. The van der Waals surface area contributed by atoms with Gasteiger partial charge in [-0.25, -0.2) is 0 Å². The van der Waals surface area contributed by atoms with Crippen molar-refractivity contribution in [3.63, 3.8) is 0 Å². The highest BCUT2D eigenvalue weighted by Gasteiger charge is 2.16. The molecule has 0 fully saturated rings. The van der Waals surface area contributed by atoms with Gasteiger partial charge in [0, 0.05) is 33.4 Å². The van der Waals surface area contributed by atoms with Gasteiger partial charge in [0.05, 0.1) is 16.6 Å². The van der Waals surface area contributed by atoms with Gasteiger partial charge >= 0.3 is 0 Å². The van der Waals surface area contributed by atoms with Gasteiger partial charge in [-0.1, -0.05) is 66.7 Å². The molecule has 0 aliphatic heterocycles. The van der Waals surface area contributed by atoms with Crippen molar-refractivity contribution in [1.29, 1.82) is 0 Å². The number of benzene rings is 5. The molecule has 2 heterocycles. The number of nitrogens with zero attached hydrogens (tertiary/aromatic N) is 2. The third-order valence-electron chi connectivity index (χ3n) is 6.40. The lowest BCUT2D eigenvalue weighted by Gasteiger charge is -2.11. The fourth-order valence-electron chi connectivity index (χ4n) is 5.08. The average Bonchev–Trinajstić information content (AvgIpc) is 3.17. The van der Waals surface area contributed by atoms with Crippen LogP contribution in [0.5, 0.6) is 0 Å². The third kappa shape index (κ3) is 2.25. The van der Waals surface area contributed by atoms with Crippen LogP contribution in [0.2, 0.25) is 0 Å². The molecule has 0 aliphatic rings. The molecule has 0 saturated carbocycles. The minimum Gasteiger partial charge on any atom is -0.309 e. The Hall–Kier alpha value is -4.17. The van der Waals surface area contributed by atoms with Crippen LogP contribution in [0.1, 0.15) is 0 Å². The number of fused-ring (bicyclic) bond motifs is 9. The fraction of sp³-hybridized carbons (Fsp3) is 0. The van der Waals surface area contributed by atoms with Crippen LogP contribution in [0, 0.1) is 0 Å². The molecular weight excluding hydrogens is 376 g/mol. The maximum absolute atomic E-state index is 4.80. The van der Waals surface area contributed by atoms with Gasteiger partial charge in [-0.2, -0.15) is 0 Å². The molecule has 0 bridgehead atoms. The number of hydrogen-bond donors (Lipinski definition) is 0. The molecule has 31 heavy (non-hydrogen) atoms. The summed E-state index contributed by atoms with van der Waals surface area (Å²) in [6.45, 7) is 0. The molecule has 0 radical (unpaired) electrons. The van der Waals surface area contributed by atoms with E-state index < -0.39 is 0 Å². The Morgan fingerprint density at radius 2 is 1.13 bits per heavy atom. The smallest absolute Gasteiger partial charge is 0.0786 e. The maximum atomic E-state index is 4.80. The lowest BCUT2D eigenvalue weighted by atomic mass is 9.96. The van der Waals surface area contributed by atoms with Crippen LogP contribution in [0.4, 0.5) is 0 Å². The van der Waals surface area contributed by atoms with Crippen LogP contribution < -0.4 is 0 Å². The largest absolute Gasteiger partial charge is 0.309 e. The predicted octanol–water partition coefficient (Wildman–Crippen LogP) is 7.64. The van der Waals surface area contributed by atoms with Crippen molar-refractivity contribution in [2.75, 3.05) is 0 Å². The molecule has 7 aromatic rings. The van der Waals surface area contributed by atoms with Crippen LogP contribution in [0.25, 0.3) is 59.9 Å².